The average molecular weight is 672 g/mol. The van der Waals surface area contributed by atoms with Gasteiger partial charge >= 0.3 is 0 Å². The molecule has 0 spiro atoms. The molecule has 0 N–H and O–H groups in total. The summed E-state index contributed by atoms with van der Waals surface area (Å²) in [6, 6.07) is 15.0. The van der Waals surface area contributed by atoms with E-state index in [1.807, 2.05) is 60.7 Å². The molecule has 0 aliphatic carbocycles. The second-order valence-electron chi connectivity index (χ2n) is 11.3. The third-order valence-electron chi connectivity index (χ3n) is 8.45. The zero-order valence-electron chi connectivity index (χ0n) is 40.7. The van der Waals surface area contributed by atoms with Gasteiger partial charge in [0.1, 0.15) is 0 Å². The highest BCUT2D eigenvalue weighted by Gasteiger charge is 2.21. The van der Waals surface area contributed by atoms with Crippen LogP contribution in [0.15, 0.2) is 169 Å². The van der Waals surface area contributed by atoms with Crippen molar-refractivity contribution in [1.82, 2.24) is 19.5 Å². The van der Waals surface area contributed by atoms with Gasteiger partial charge in [0.25, 0.3) is 0 Å². The lowest BCUT2D eigenvalue weighted by atomic mass is 9.97. The highest BCUT2D eigenvalue weighted by Crippen LogP contribution is 2.43. The molecule has 7 aromatic carbocycles. The van der Waals surface area contributed by atoms with E-state index in [-0.39, 0.29) is 93.9 Å². The largest absolute Gasteiger partial charge is 0.308 e. The van der Waals surface area contributed by atoms with Crippen molar-refractivity contribution in [3.8, 4) is 51.0 Å². The van der Waals surface area contributed by atoms with Gasteiger partial charge in [0.2, 0.25) is 0 Å². The highest BCUT2D eigenvalue weighted by molar-refractivity contribution is 7.25. The quantitative estimate of drug-likeness (QED) is 0.183. The number of aromatic nitrogens is 4. The van der Waals surface area contributed by atoms with Gasteiger partial charge in [-0.25, -0.2) is 15.0 Å². The molecule has 0 saturated carbocycles. The first-order valence-electron chi connectivity index (χ1n) is 23.0. The van der Waals surface area contributed by atoms with Gasteiger partial charge in [-0.1, -0.05) is 133 Å². The van der Waals surface area contributed by atoms with Crippen molar-refractivity contribution in [3.05, 3.63) is 169 Å². The smallest absolute Gasteiger partial charge is 0.166 e. The van der Waals surface area contributed by atoms with Gasteiger partial charge in [0, 0.05) is 47.6 Å². The molecule has 0 bridgehead atoms. The second kappa shape index (κ2) is 11.6. The SMILES string of the molecule is [2H]c1c([2H])c([2H])c2c(sc3c([2H])c([2H])c([2H])c(-c4ccc(-c5nc(-c6ccccc6)nc(-c6ccccc6)n5)c(-n5c6c([2H])c([2H])c([2H])c([2H])c6c6c([2H])c([2H])c([2H])c([2H])c65)c4)c32)c1[2H]. The summed E-state index contributed by atoms with van der Waals surface area (Å²) in [5.41, 5.74) is 1.24. The van der Waals surface area contributed by atoms with Gasteiger partial charge in [0.05, 0.1) is 37.3 Å². The number of nitrogens with zero attached hydrogens (tertiary/aromatic N) is 4. The summed E-state index contributed by atoms with van der Waals surface area (Å²) in [5.74, 6) is 0.564. The van der Waals surface area contributed by atoms with Gasteiger partial charge in [-0.2, -0.15) is 0 Å². The Kier molecular flexibility index (Phi) is 4.02. The predicted octanol–water partition coefficient (Wildman–Crippen LogP) is 12.0. The molecule has 0 saturated heterocycles. The number of para-hydroxylation sites is 2. The van der Waals surface area contributed by atoms with Crippen LogP contribution in [0.5, 0.6) is 0 Å². The highest BCUT2D eigenvalue weighted by atomic mass is 32.1. The molecule has 5 heteroatoms. The van der Waals surface area contributed by atoms with E-state index in [4.69, 9.17) is 31.4 Å². The van der Waals surface area contributed by atoms with E-state index in [2.05, 4.69) is 0 Å². The molecule has 10 aromatic rings. The zero-order chi connectivity index (χ0) is 46.1. The molecule has 0 aliphatic heterocycles. The normalized spacial score (nSPS) is 15.8. The lowest BCUT2D eigenvalue weighted by Crippen LogP contribution is -2.04. The monoisotopic (exact) mass is 671 g/mol. The van der Waals surface area contributed by atoms with E-state index < -0.39 is 78.6 Å². The van der Waals surface area contributed by atoms with Crippen LogP contribution in [0, 0.1) is 0 Å². The summed E-state index contributed by atoms with van der Waals surface area (Å²) in [4.78, 5) is 14.7. The maximum Gasteiger partial charge on any atom is 0.166 e. The minimum atomic E-state index is -0.642. The average Bonchev–Trinajstić information content (AvgIpc) is 3.90. The molecule has 0 amide bonds. The van der Waals surface area contributed by atoms with E-state index in [1.165, 1.54) is 10.6 Å². The Bertz CT molecular complexity index is 3590. The molecule has 0 aliphatic rings. The van der Waals surface area contributed by atoms with Crippen molar-refractivity contribution in [1.29, 1.82) is 0 Å². The van der Waals surface area contributed by atoms with E-state index in [0.29, 0.717) is 11.1 Å². The van der Waals surface area contributed by atoms with Crippen molar-refractivity contribution in [2.45, 2.75) is 0 Å². The predicted molar refractivity (Wildman–Crippen MR) is 209 cm³/mol. The zero-order valence-corrected chi connectivity index (χ0v) is 26.5. The maximum absolute atomic E-state index is 9.35. The fourth-order valence-electron chi connectivity index (χ4n) is 6.23. The Morgan fingerprint density at radius 1 is 0.460 bits per heavy atom. The van der Waals surface area contributed by atoms with Crippen molar-refractivity contribution < 1.29 is 20.6 Å². The molecular formula is C45H28N4S. The Morgan fingerprint density at radius 2 is 1.02 bits per heavy atom. The van der Waals surface area contributed by atoms with E-state index in [9.17, 15) is 4.11 Å². The Hall–Kier alpha value is -6.43. The molecule has 10 rings (SSSR count). The van der Waals surface area contributed by atoms with Gasteiger partial charge in [-0.15, -0.1) is 11.3 Å². The van der Waals surface area contributed by atoms with Crippen LogP contribution in [0.2, 0.25) is 0 Å². The first-order valence-corrected chi connectivity index (χ1v) is 16.3. The van der Waals surface area contributed by atoms with E-state index in [1.54, 1.807) is 12.1 Å². The third-order valence-corrected chi connectivity index (χ3v) is 9.47. The molecule has 0 unspecified atom stereocenters. The second-order valence-corrected chi connectivity index (χ2v) is 12.3. The summed E-state index contributed by atoms with van der Waals surface area (Å²) in [6.45, 7) is 0. The van der Waals surface area contributed by atoms with Gasteiger partial charge in [0.15, 0.2) is 17.5 Å². The van der Waals surface area contributed by atoms with Crippen molar-refractivity contribution in [2.24, 2.45) is 0 Å². The first kappa shape index (κ1) is 17.3. The number of hydrogen-bond acceptors (Lipinski definition) is 4. The number of fused-ring (bicyclic) bond motifs is 6. The fraction of sp³-hybridized carbons (Fsp3) is 0. The number of hydrogen-bond donors (Lipinski definition) is 0. The third kappa shape index (κ3) is 4.63. The number of thiophene rings is 1. The number of rotatable bonds is 5. The molecule has 3 aromatic heterocycles. The van der Waals surface area contributed by atoms with Gasteiger partial charge in [-0.05, 0) is 47.4 Å². The molecule has 4 nitrogen and oxygen atoms in total. The Labute approximate surface area is 313 Å². The van der Waals surface area contributed by atoms with Crippen LogP contribution in [-0.2, 0) is 0 Å². The first-order chi connectivity index (χ1) is 31.0. The summed E-state index contributed by atoms with van der Waals surface area (Å²) in [7, 11) is 0. The van der Waals surface area contributed by atoms with Crippen molar-refractivity contribution >= 4 is 53.3 Å². The summed E-state index contributed by atoms with van der Waals surface area (Å²) < 4.78 is 135. The topological polar surface area (TPSA) is 43.6 Å². The Balaban J connectivity index is 1.43. The summed E-state index contributed by atoms with van der Waals surface area (Å²) in [6.07, 6.45) is 0. The standard InChI is InChI=1S/C45H28N4S/c1-3-14-29(15-4-1)43-46-44(30-16-5-2-6-17-30)48-45(47-43)35-27-26-31(32-21-13-25-41-42(32)36-20-9-12-24-40(36)50-41)28-39(35)49-37-22-10-7-18-33(37)34-19-8-11-23-38(34)49/h1-28H/i7D,8D,9D,10D,11D,12D,13D,18D,19D,20D,21D,22D,23D,24D,25D. The van der Waals surface area contributed by atoms with E-state index >= 15 is 0 Å². The molecule has 0 atom stereocenters. The van der Waals surface area contributed by atoms with Gasteiger partial charge < -0.3 is 4.57 Å². The summed E-state index contributed by atoms with van der Waals surface area (Å²) in [5, 5.41) is -0.215. The summed E-state index contributed by atoms with van der Waals surface area (Å²) >= 11 is 0.899. The molecule has 0 radical (unpaired) electrons. The van der Waals surface area contributed by atoms with Crippen LogP contribution in [0.25, 0.3) is 93.0 Å². The lowest BCUT2D eigenvalue weighted by Gasteiger charge is -2.17. The minimum absolute atomic E-state index is 0.0141. The van der Waals surface area contributed by atoms with Crippen molar-refractivity contribution in [2.75, 3.05) is 0 Å². The van der Waals surface area contributed by atoms with Crippen LogP contribution in [-0.4, -0.2) is 19.5 Å². The molecule has 0 fully saturated rings. The van der Waals surface area contributed by atoms with E-state index in [0.717, 1.165) is 11.3 Å². The fourth-order valence-corrected chi connectivity index (χ4v) is 7.20. The Morgan fingerprint density at radius 3 is 1.68 bits per heavy atom. The molecule has 234 valence electrons. The van der Waals surface area contributed by atoms with Crippen LogP contribution in [0.3, 0.4) is 0 Å². The van der Waals surface area contributed by atoms with Crippen LogP contribution < -0.4 is 0 Å². The van der Waals surface area contributed by atoms with Crippen molar-refractivity contribution in [3.63, 3.8) is 0 Å². The maximum atomic E-state index is 9.35. The van der Waals surface area contributed by atoms with Gasteiger partial charge in [-0.3, -0.25) is 0 Å². The van der Waals surface area contributed by atoms with Crippen LogP contribution in [0.1, 0.15) is 20.6 Å². The number of benzene rings is 7. The molecule has 3 heterocycles. The molecular weight excluding hydrogens is 629 g/mol. The lowest BCUT2D eigenvalue weighted by molar-refractivity contribution is 1.06. The molecule has 50 heavy (non-hydrogen) atoms. The van der Waals surface area contributed by atoms with Crippen LogP contribution >= 0.6 is 11.3 Å². The minimum Gasteiger partial charge on any atom is -0.308 e. The van der Waals surface area contributed by atoms with Crippen LogP contribution in [0.4, 0.5) is 0 Å².